The number of hydrogen-bond acceptors (Lipinski definition) is 7. The van der Waals surface area contributed by atoms with E-state index < -0.39 is 17.6 Å². The van der Waals surface area contributed by atoms with E-state index in [4.69, 9.17) is 34.4 Å². The Morgan fingerprint density at radius 3 is 2.00 bits per heavy atom. The fourth-order valence-electron chi connectivity index (χ4n) is 3.93. The molecule has 0 saturated heterocycles. The van der Waals surface area contributed by atoms with Crippen LogP contribution in [0, 0.1) is 9.39 Å². The highest BCUT2D eigenvalue weighted by Gasteiger charge is 2.45. The molecule has 1 aliphatic carbocycles. The summed E-state index contributed by atoms with van der Waals surface area (Å²) in [4.78, 5) is 0. The molecule has 1 fully saturated rings. The van der Waals surface area contributed by atoms with Gasteiger partial charge in [0.25, 0.3) is 0 Å². The van der Waals surface area contributed by atoms with Gasteiger partial charge in [-0.05, 0) is 83.0 Å². The van der Waals surface area contributed by atoms with Gasteiger partial charge in [0.2, 0.25) is 0 Å². The molecule has 164 valence electrons. The van der Waals surface area contributed by atoms with Crippen molar-refractivity contribution in [3.63, 3.8) is 0 Å². The molecule has 2 aromatic rings. The lowest BCUT2D eigenvalue weighted by Gasteiger charge is -2.45. The predicted molar refractivity (Wildman–Crippen MR) is 127 cm³/mol. The molecule has 0 heterocycles. The van der Waals surface area contributed by atoms with E-state index >= 15 is 0 Å². The van der Waals surface area contributed by atoms with Crippen LogP contribution in [-0.2, 0) is 0 Å². The summed E-state index contributed by atoms with van der Waals surface area (Å²) in [6.07, 6.45) is 2.64. The molecule has 13 N–H and O–H groups in total. The fourth-order valence-corrected chi connectivity index (χ4v) is 4.27. The van der Waals surface area contributed by atoms with Gasteiger partial charge in [0, 0.05) is 9.61 Å². The van der Waals surface area contributed by atoms with Crippen molar-refractivity contribution in [2.24, 2.45) is 34.4 Å². The molecule has 3 rings (SSSR count). The second-order valence-electron chi connectivity index (χ2n) is 8.27. The van der Waals surface area contributed by atoms with Gasteiger partial charge in [0.05, 0.1) is 6.17 Å². The summed E-state index contributed by atoms with van der Waals surface area (Å²) in [7, 11) is 0. The van der Waals surface area contributed by atoms with Crippen molar-refractivity contribution in [2.75, 3.05) is 0 Å². The minimum Gasteiger partial charge on any atom is -0.313 e. The predicted octanol–water partition coefficient (Wildman–Crippen LogP) is 1.14. The maximum Gasteiger partial charge on any atom is 0.153 e. The van der Waals surface area contributed by atoms with Crippen LogP contribution in [-0.4, -0.2) is 23.7 Å². The molecule has 0 amide bonds. The van der Waals surface area contributed by atoms with E-state index in [2.05, 4.69) is 17.4 Å². The Hall–Kier alpha value is -1.18. The van der Waals surface area contributed by atoms with Crippen LogP contribution in [0.1, 0.15) is 37.2 Å². The number of nitrogens with one attached hydrogen (secondary N) is 1. The van der Waals surface area contributed by atoms with Gasteiger partial charge >= 0.3 is 0 Å². The van der Waals surface area contributed by atoms with Gasteiger partial charge in [0.15, 0.2) is 5.79 Å². The highest BCUT2D eigenvalue weighted by molar-refractivity contribution is 14.1. The van der Waals surface area contributed by atoms with Gasteiger partial charge in [-0.2, -0.15) is 0 Å². The quantitative estimate of drug-likeness (QED) is 0.218. The van der Waals surface area contributed by atoms with E-state index in [-0.39, 0.29) is 11.9 Å². The molecule has 7 nitrogen and oxygen atoms in total. The highest BCUT2D eigenvalue weighted by Crippen LogP contribution is 2.34. The number of hydrogen-bond donors (Lipinski definition) is 7. The van der Waals surface area contributed by atoms with Crippen molar-refractivity contribution >= 4 is 22.6 Å². The van der Waals surface area contributed by atoms with Crippen LogP contribution in [0.25, 0.3) is 11.1 Å². The van der Waals surface area contributed by atoms with Crippen molar-refractivity contribution in [3.8, 4) is 11.1 Å². The molecule has 2 aromatic carbocycles. The maximum absolute atomic E-state index is 13.8. The van der Waals surface area contributed by atoms with Crippen molar-refractivity contribution in [2.45, 2.75) is 55.3 Å². The Balaban J connectivity index is 1.60. The smallest absolute Gasteiger partial charge is 0.153 e. The number of halogens is 2. The molecule has 0 atom stereocenters. The van der Waals surface area contributed by atoms with Crippen LogP contribution in [0.3, 0.4) is 0 Å². The van der Waals surface area contributed by atoms with Crippen molar-refractivity contribution in [3.05, 3.63) is 57.4 Å². The number of nitrogens with two attached hydrogens (primary N) is 6. The molecule has 30 heavy (non-hydrogen) atoms. The molecule has 0 unspecified atom stereocenters. The second kappa shape index (κ2) is 9.13. The second-order valence-corrected chi connectivity index (χ2v) is 9.43. The zero-order valence-corrected chi connectivity index (χ0v) is 19.0. The number of benzene rings is 2. The van der Waals surface area contributed by atoms with Crippen molar-refractivity contribution in [1.29, 1.82) is 0 Å². The van der Waals surface area contributed by atoms with Gasteiger partial charge < -0.3 is 22.9 Å². The van der Waals surface area contributed by atoms with Crippen LogP contribution >= 0.6 is 22.6 Å². The standard InChI is InChI=1S/C21H31FIN7/c22-17-11-15(7-10-18(17)23)14-3-1-12(2-4-14)13-5-8-16(9-6-13)30-21(28,29)20(26,27)19(24)25/h1-4,7,10-11,13,16,19,30H,5-6,8-9,24-29H2. The molecular weight excluding hydrogens is 496 g/mol. The molecule has 1 aliphatic rings. The van der Waals surface area contributed by atoms with Crippen LogP contribution in [0.5, 0.6) is 0 Å². The molecule has 0 bridgehead atoms. The lowest BCUT2D eigenvalue weighted by molar-refractivity contribution is 0.124. The zero-order valence-electron chi connectivity index (χ0n) is 16.8. The first-order valence-corrected chi connectivity index (χ1v) is 11.1. The van der Waals surface area contributed by atoms with Crippen LogP contribution in [0.4, 0.5) is 4.39 Å². The SMILES string of the molecule is NC(N)C(N)(N)C(N)(N)NC1CCC(c2ccc(-c3ccc(I)c(F)c3)cc2)CC1. The highest BCUT2D eigenvalue weighted by atomic mass is 127. The van der Waals surface area contributed by atoms with Crippen LogP contribution in [0.2, 0.25) is 0 Å². The minimum absolute atomic E-state index is 0.0792. The van der Waals surface area contributed by atoms with Gasteiger partial charge in [-0.15, -0.1) is 0 Å². The Morgan fingerprint density at radius 2 is 1.47 bits per heavy atom. The molecule has 0 radical (unpaired) electrons. The third-order valence-corrected chi connectivity index (χ3v) is 6.95. The van der Waals surface area contributed by atoms with Gasteiger partial charge in [-0.3, -0.25) is 16.8 Å². The average Bonchev–Trinajstić information content (AvgIpc) is 2.70. The van der Waals surface area contributed by atoms with E-state index in [1.165, 1.54) is 5.56 Å². The average molecular weight is 527 g/mol. The Labute approximate surface area is 190 Å². The third kappa shape index (κ3) is 5.00. The zero-order chi connectivity index (χ0) is 22.1. The summed E-state index contributed by atoms with van der Waals surface area (Å²) in [6.45, 7) is 0. The van der Waals surface area contributed by atoms with Gasteiger partial charge in [-0.25, -0.2) is 4.39 Å². The van der Waals surface area contributed by atoms with Crippen molar-refractivity contribution < 1.29 is 4.39 Å². The topological polar surface area (TPSA) is 168 Å². The lowest BCUT2D eigenvalue weighted by Crippen LogP contribution is -2.89. The van der Waals surface area contributed by atoms with Crippen molar-refractivity contribution in [1.82, 2.24) is 5.32 Å². The monoisotopic (exact) mass is 527 g/mol. The first-order chi connectivity index (χ1) is 14.0. The molecule has 9 heteroatoms. The Morgan fingerprint density at radius 1 is 0.900 bits per heavy atom. The summed E-state index contributed by atoms with van der Waals surface area (Å²) in [5, 5.41) is 3.14. The Kier molecular flexibility index (Phi) is 7.15. The van der Waals surface area contributed by atoms with E-state index in [1.54, 1.807) is 12.1 Å². The first-order valence-electron chi connectivity index (χ1n) is 10.0. The van der Waals surface area contributed by atoms with Gasteiger partial charge in [0.1, 0.15) is 11.5 Å². The third-order valence-electron chi connectivity index (χ3n) is 6.07. The lowest BCUT2D eigenvalue weighted by atomic mass is 9.81. The summed E-state index contributed by atoms with van der Waals surface area (Å²) < 4.78 is 14.5. The molecular formula is C21H31FIN7. The summed E-state index contributed by atoms with van der Waals surface area (Å²) >= 11 is 1.99. The minimum atomic E-state index is -1.64. The van der Waals surface area contributed by atoms with Crippen LogP contribution < -0.4 is 39.7 Å². The van der Waals surface area contributed by atoms with Crippen LogP contribution in [0.15, 0.2) is 42.5 Å². The molecule has 0 aliphatic heterocycles. The van der Waals surface area contributed by atoms with E-state index in [0.29, 0.717) is 9.49 Å². The van der Waals surface area contributed by atoms with E-state index in [1.807, 2.05) is 40.8 Å². The van der Waals surface area contributed by atoms with E-state index in [9.17, 15) is 4.39 Å². The van der Waals surface area contributed by atoms with Gasteiger partial charge in [-0.1, -0.05) is 30.3 Å². The van der Waals surface area contributed by atoms with E-state index in [0.717, 1.165) is 36.8 Å². The number of rotatable bonds is 6. The molecule has 1 saturated carbocycles. The first kappa shape index (κ1) is 23.5. The maximum atomic E-state index is 13.8. The fraction of sp³-hybridized carbons (Fsp3) is 0.429. The molecule has 0 aromatic heterocycles. The summed E-state index contributed by atoms with van der Waals surface area (Å²) in [5.41, 5.74) is 36.8. The normalized spacial score (nSPS) is 20.6. The summed E-state index contributed by atoms with van der Waals surface area (Å²) in [6, 6.07) is 13.7. The Bertz CT molecular complexity index is 862. The molecule has 0 spiro atoms. The summed E-state index contributed by atoms with van der Waals surface area (Å²) in [5.74, 6) is -1.34. The largest absolute Gasteiger partial charge is 0.313 e.